The van der Waals surface area contributed by atoms with E-state index in [4.69, 9.17) is 5.11 Å². The smallest absolute Gasteiger partial charge is 0.0550 e. The van der Waals surface area contributed by atoms with Crippen molar-refractivity contribution in [1.29, 1.82) is 0 Å². The van der Waals surface area contributed by atoms with E-state index < -0.39 is 0 Å². The van der Waals surface area contributed by atoms with Gasteiger partial charge in [0, 0.05) is 27.2 Å². The Balaban J connectivity index is 2.05. The first kappa shape index (κ1) is 13.4. The second kappa shape index (κ2) is 6.23. The van der Waals surface area contributed by atoms with Crippen LogP contribution in [0.3, 0.4) is 0 Å². The van der Waals surface area contributed by atoms with E-state index in [1.807, 2.05) is 6.92 Å². The van der Waals surface area contributed by atoms with Crippen molar-refractivity contribution in [3.63, 3.8) is 0 Å². The third-order valence-electron chi connectivity index (χ3n) is 2.77. The van der Waals surface area contributed by atoms with Crippen LogP contribution in [-0.2, 0) is 6.54 Å². The van der Waals surface area contributed by atoms with E-state index in [9.17, 15) is 0 Å². The van der Waals surface area contributed by atoms with Crippen LogP contribution < -0.4 is 5.32 Å². The first-order valence-electron chi connectivity index (χ1n) is 5.98. The molecule has 0 saturated heterocycles. The maximum Gasteiger partial charge on any atom is 0.0550 e. The molecule has 0 spiro atoms. The highest BCUT2D eigenvalue weighted by molar-refractivity contribution is 9.10. The van der Waals surface area contributed by atoms with Gasteiger partial charge < -0.3 is 10.4 Å². The van der Waals surface area contributed by atoms with Crippen molar-refractivity contribution in [2.24, 2.45) is 0 Å². The van der Waals surface area contributed by atoms with Gasteiger partial charge in [-0.25, -0.2) is 0 Å². The van der Waals surface area contributed by atoms with Gasteiger partial charge in [0.25, 0.3) is 0 Å². The summed E-state index contributed by atoms with van der Waals surface area (Å²) in [7, 11) is 0. The third-order valence-corrected chi connectivity index (χ3v) is 4.46. The van der Waals surface area contributed by atoms with Crippen LogP contribution in [0.25, 0.3) is 0 Å². The maximum atomic E-state index is 9.12. The Labute approximate surface area is 115 Å². The number of rotatable bonds is 6. The maximum absolute atomic E-state index is 9.12. The van der Waals surface area contributed by atoms with Gasteiger partial charge in [-0.3, -0.25) is 0 Å². The molecule has 2 N–H and O–H groups in total. The molecule has 1 saturated carbocycles. The second-order valence-corrected chi connectivity index (χ2v) is 6.91. The molecular formula is C13H18BrNOS. The minimum absolute atomic E-state index is 0.218. The van der Waals surface area contributed by atoms with E-state index in [1.54, 1.807) is 11.8 Å². The number of nitrogens with one attached hydrogen (secondary N) is 1. The minimum Gasteiger partial charge on any atom is -0.395 e. The molecule has 1 aliphatic rings. The molecule has 1 unspecified atom stereocenters. The third kappa shape index (κ3) is 4.28. The number of hydrogen-bond acceptors (Lipinski definition) is 3. The standard InChI is InChI=1S/C13H18BrNOS/c1-9(8-16)17-13-5-2-11(14)6-10(13)7-15-12-3-4-12/h2,5-6,9,12,15-16H,3-4,7-8H2,1H3. The topological polar surface area (TPSA) is 32.3 Å². The minimum atomic E-state index is 0.218. The molecule has 1 aliphatic carbocycles. The monoisotopic (exact) mass is 315 g/mol. The molecule has 17 heavy (non-hydrogen) atoms. The lowest BCUT2D eigenvalue weighted by Crippen LogP contribution is -2.16. The van der Waals surface area contributed by atoms with Crippen molar-refractivity contribution in [2.45, 2.75) is 42.5 Å². The van der Waals surface area contributed by atoms with Crippen LogP contribution in [0, 0.1) is 0 Å². The largest absolute Gasteiger partial charge is 0.395 e. The van der Waals surface area contributed by atoms with Gasteiger partial charge in [-0.15, -0.1) is 11.8 Å². The molecular weight excluding hydrogens is 298 g/mol. The van der Waals surface area contributed by atoms with E-state index in [1.165, 1.54) is 23.3 Å². The van der Waals surface area contributed by atoms with Crippen LogP contribution in [0.4, 0.5) is 0 Å². The fourth-order valence-electron chi connectivity index (χ4n) is 1.60. The van der Waals surface area contributed by atoms with Gasteiger partial charge in [0.1, 0.15) is 0 Å². The van der Waals surface area contributed by atoms with Crippen LogP contribution >= 0.6 is 27.7 Å². The summed E-state index contributed by atoms with van der Waals surface area (Å²) in [5.41, 5.74) is 1.32. The highest BCUT2D eigenvalue weighted by Crippen LogP contribution is 2.30. The average Bonchev–Trinajstić information content (AvgIpc) is 3.13. The van der Waals surface area contributed by atoms with Gasteiger partial charge in [-0.05, 0) is 36.6 Å². The van der Waals surface area contributed by atoms with Gasteiger partial charge in [0.15, 0.2) is 0 Å². The highest BCUT2D eigenvalue weighted by Gasteiger charge is 2.20. The Morgan fingerprint density at radius 1 is 1.53 bits per heavy atom. The molecule has 1 atom stereocenters. The molecule has 0 radical (unpaired) electrons. The molecule has 0 bridgehead atoms. The first-order valence-corrected chi connectivity index (χ1v) is 7.65. The highest BCUT2D eigenvalue weighted by atomic mass is 79.9. The van der Waals surface area contributed by atoms with Gasteiger partial charge in [0.05, 0.1) is 6.61 Å². The summed E-state index contributed by atoms with van der Waals surface area (Å²) in [6, 6.07) is 7.08. The van der Waals surface area contributed by atoms with Crippen molar-refractivity contribution < 1.29 is 5.11 Å². The Bertz CT molecular complexity index is 382. The number of benzene rings is 1. The van der Waals surface area contributed by atoms with E-state index in [-0.39, 0.29) is 11.9 Å². The summed E-state index contributed by atoms with van der Waals surface area (Å²) < 4.78 is 1.12. The van der Waals surface area contributed by atoms with Crippen LogP contribution in [0.1, 0.15) is 25.3 Å². The SMILES string of the molecule is CC(CO)Sc1ccc(Br)cc1CNC1CC1. The van der Waals surface area contributed by atoms with Crippen LogP contribution in [0.2, 0.25) is 0 Å². The lowest BCUT2D eigenvalue weighted by Gasteiger charge is -2.13. The zero-order chi connectivity index (χ0) is 12.3. The van der Waals surface area contributed by atoms with E-state index in [0.29, 0.717) is 0 Å². The molecule has 94 valence electrons. The molecule has 2 nitrogen and oxygen atoms in total. The first-order chi connectivity index (χ1) is 8.19. The van der Waals surface area contributed by atoms with Crippen molar-refractivity contribution in [3.8, 4) is 0 Å². The molecule has 0 aromatic heterocycles. The summed E-state index contributed by atoms with van der Waals surface area (Å²) in [4.78, 5) is 1.27. The van der Waals surface area contributed by atoms with Crippen molar-refractivity contribution >= 4 is 27.7 Å². The summed E-state index contributed by atoms with van der Waals surface area (Å²) in [6.07, 6.45) is 2.62. The Morgan fingerprint density at radius 2 is 2.29 bits per heavy atom. The Morgan fingerprint density at radius 3 is 2.94 bits per heavy atom. The number of aliphatic hydroxyl groups is 1. The van der Waals surface area contributed by atoms with E-state index >= 15 is 0 Å². The van der Waals surface area contributed by atoms with Crippen molar-refractivity contribution in [1.82, 2.24) is 5.32 Å². The molecule has 1 aromatic carbocycles. The predicted octanol–water partition coefficient (Wildman–Crippen LogP) is 3.17. The molecule has 1 aromatic rings. The fourth-order valence-corrected chi connectivity index (χ4v) is 2.94. The van der Waals surface area contributed by atoms with Crippen LogP contribution in [0.5, 0.6) is 0 Å². The van der Waals surface area contributed by atoms with Crippen LogP contribution in [-0.4, -0.2) is 23.0 Å². The zero-order valence-corrected chi connectivity index (χ0v) is 12.4. The molecule has 2 rings (SSSR count). The van der Waals surface area contributed by atoms with Crippen molar-refractivity contribution in [2.75, 3.05) is 6.61 Å². The summed E-state index contributed by atoms with van der Waals surface area (Å²) in [5.74, 6) is 0. The lowest BCUT2D eigenvalue weighted by molar-refractivity contribution is 0.300. The average molecular weight is 316 g/mol. The lowest BCUT2D eigenvalue weighted by atomic mass is 10.2. The Hall–Kier alpha value is -0.0300. The number of thioether (sulfide) groups is 1. The van der Waals surface area contributed by atoms with Crippen LogP contribution in [0.15, 0.2) is 27.6 Å². The number of aliphatic hydroxyl groups excluding tert-OH is 1. The van der Waals surface area contributed by atoms with E-state index in [2.05, 4.69) is 39.4 Å². The molecule has 0 aliphatic heterocycles. The van der Waals surface area contributed by atoms with Gasteiger partial charge in [-0.2, -0.15) is 0 Å². The number of hydrogen-bond donors (Lipinski definition) is 2. The van der Waals surface area contributed by atoms with Gasteiger partial charge in [0.2, 0.25) is 0 Å². The molecule has 1 fully saturated rings. The number of halogens is 1. The van der Waals surface area contributed by atoms with E-state index in [0.717, 1.165) is 17.1 Å². The van der Waals surface area contributed by atoms with Gasteiger partial charge >= 0.3 is 0 Å². The zero-order valence-electron chi connectivity index (χ0n) is 9.95. The molecule has 4 heteroatoms. The quantitative estimate of drug-likeness (QED) is 0.791. The predicted molar refractivity (Wildman–Crippen MR) is 76.4 cm³/mol. The summed E-state index contributed by atoms with van der Waals surface area (Å²) >= 11 is 5.26. The molecule has 0 amide bonds. The molecule has 0 heterocycles. The summed E-state index contributed by atoms with van der Waals surface area (Å²) in [5, 5.41) is 12.9. The Kier molecular flexibility index (Phi) is 4.91. The second-order valence-electron chi connectivity index (χ2n) is 4.52. The normalized spacial score (nSPS) is 17.1. The summed E-state index contributed by atoms with van der Waals surface area (Å²) in [6.45, 7) is 3.19. The van der Waals surface area contributed by atoms with Crippen molar-refractivity contribution in [3.05, 3.63) is 28.2 Å². The fraction of sp³-hybridized carbons (Fsp3) is 0.538. The van der Waals surface area contributed by atoms with Gasteiger partial charge in [-0.1, -0.05) is 22.9 Å².